The molecule has 0 aliphatic heterocycles. The van der Waals surface area contributed by atoms with Crippen molar-refractivity contribution in [2.75, 3.05) is 13.7 Å². The summed E-state index contributed by atoms with van der Waals surface area (Å²) in [4.78, 5) is 13.5. The lowest BCUT2D eigenvalue weighted by molar-refractivity contribution is 0.0682. The van der Waals surface area contributed by atoms with Crippen LogP contribution in [0, 0.1) is 0 Å². The topological polar surface area (TPSA) is 40.5 Å². The summed E-state index contributed by atoms with van der Waals surface area (Å²) in [6.07, 6.45) is 0. The molecule has 1 unspecified atom stereocenters. The normalized spacial score (nSPS) is 12.3. The minimum atomic E-state index is -0.217. The fourth-order valence-electron chi connectivity index (χ4n) is 1.20. The van der Waals surface area contributed by atoms with Crippen LogP contribution in [0.25, 0.3) is 0 Å². The number of benzene rings is 1. The molecule has 0 heterocycles. The van der Waals surface area contributed by atoms with E-state index in [2.05, 4.69) is 15.9 Å². The van der Waals surface area contributed by atoms with E-state index < -0.39 is 0 Å². The number of aliphatic hydroxyl groups is 1. The Morgan fingerprint density at radius 2 is 2.19 bits per heavy atom. The van der Waals surface area contributed by atoms with Crippen molar-refractivity contribution in [3.8, 4) is 0 Å². The first-order valence-electron chi connectivity index (χ1n) is 4.79. The van der Waals surface area contributed by atoms with Crippen molar-refractivity contribution < 1.29 is 9.90 Å². The van der Waals surface area contributed by atoms with Crippen LogP contribution >= 0.6 is 27.5 Å². The molecule has 0 fully saturated rings. The average Bonchev–Trinajstić information content (AvgIpc) is 2.24. The molecule has 1 aromatic rings. The zero-order valence-electron chi connectivity index (χ0n) is 9.08. The predicted octanol–water partition coefficient (Wildman–Crippen LogP) is 2.56. The van der Waals surface area contributed by atoms with Gasteiger partial charge in [0, 0.05) is 22.1 Å². The van der Waals surface area contributed by atoms with Crippen LogP contribution in [0.5, 0.6) is 0 Å². The van der Waals surface area contributed by atoms with Crippen molar-refractivity contribution in [1.29, 1.82) is 0 Å². The molecule has 0 aliphatic carbocycles. The number of hydrogen-bond donors (Lipinski definition) is 1. The highest BCUT2D eigenvalue weighted by Crippen LogP contribution is 2.20. The fourth-order valence-corrected chi connectivity index (χ4v) is 2.06. The van der Waals surface area contributed by atoms with Crippen molar-refractivity contribution in [2.45, 2.75) is 13.0 Å². The maximum Gasteiger partial charge on any atom is 0.254 e. The molecule has 1 rings (SSSR count). The molecule has 0 bridgehead atoms. The summed E-state index contributed by atoms with van der Waals surface area (Å²) in [5, 5.41) is 9.48. The van der Waals surface area contributed by atoms with Crippen molar-refractivity contribution in [1.82, 2.24) is 4.90 Å². The highest BCUT2D eigenvalue weighted by Gasteiger charge is 2.17. The molecule has 88 valence electrons. The van der Waals surface area contributed by atoms with E-state index in [0.29, 0.717) is 10.6 Å². The van der Waals surface area contributed by atoms with Crippen molar-refractivity contribution >= 4 is 33.4 Å². The highest BCUT2D eigenvalue weighted by atomic mass is 79.9. The zero-order chi connectivity index (χ0) is 12.3. The van der Waals surface area contributed by atoms with Gasteiger partial charge in [0.05, 0.1) is 12.6 Å². The van der Waals surface area contributed by atoms with E-state index in [1.165, 1.54) is 4.90 Å². The number of carbonyl (C=O) groups is 1. The Morgan fingerprint density at radius 3 is 2.69 bits per heavy atom. The van der Waals surface area contributed by atoms with Gasteiger partial charge in [-0.1, -0.05) is 27.5 Å². The van der Waals surface area contributed by atoms with Gasteiger partial charge in [0.25, 0.3) is 5.91 Å². The Labute approximate surface area is 108 Å². The van der Waals surface area contributed by atoms with Gasteiger partial charge in [0.2, 0.25) is 0 Å². The first kappa shape index (κ1) is 13.5. The number of aliphatic hydroxyl groups excluding tert-OH is 1. The molecule has 1 atom stereocenters. The molecular weight excluding hydrogens is 293 g/mol. The van der Waals surface area contributed by atoms with E-state index in [1.807, 2.05) is 0 Å². The monoisotopic (exact) mass is 305 g/mol. The van der Waals surface area contributed by atoms with Crippen LogP contribution < -0.4 is 0 Å². The quantitative estimate of drug-likeness (QED) is 0.932. The van der Waals surface area contributed by atoms with Crippen LogP contribution in [-0.2, 0) is 0 Å². The van der Waals surface area contributed by atoms with Crippen LogP contribution in [0.1, 0.15) is 17.3 Å². The standard InChI is InChI=1S/C11H13BrClNO2/c1-7(6-15)14(2)11(16)8-3-9(12)5-10(13)4-8/h3-5,7,15H,6H2,1-2H3. The van der Waals surface area contributed by atoms with Crippen molar-refractivity contribution in [3.63, 3.8) is 0 Å². The highest BCUT2D eigenvalue weighted by molar-refractivity contribution is 9.10. The van der Waals surface area contributed by atoms with Crippen LogP contribution in [0.2, 0.25) is 5.02 Å². The summed E-state index contributed by atoms with van der Waals surface area (Å²) in [5.41, 5.74) is 0.502. The van der Waals surface area contributed by atoms with Gasteiger partial charge in [0.15, 0.2) is 0 Å². The van der Waals surface area contributed by atoms with Gasteiger partial charge in [-0.3, -0.25) is 4.79 Å². The van der Waals surface area contributed by atoms with E-state index in [4.69, 9.17) is 16.7 Å². The maximum absolute atomic E-state index is 12.0. The maximum atomic E-state index is 12.0. The number of carbonyl (C=O) groups excluding carboxylic acids is 1. The second-order valence-corrected chi connectivity index (χ2v) is 4.96. The molecule has 16 heavy (non-hydrogen) atoms. The van der Waals surface area contributed by atoms with Crippen LogP contribution in [0.15, 0.2) is 22.7 Å². The molecule has 1 amide bonds. The molecule has 5 heteroatoms. The summed E-state index contributed by atoms with van der Waals surface area (Å²) >= 11 is 9.14. The predicted molar refractivity (Wildman–Crippen MR) is 67.8 cm³/mol. The van der Waals surface area contributed by atoms with Gasteiger partial charge in [0.1, 0.15) is 0 Å². The third-order valence-corrected chi connectivity index (χ3v) is 3.03. The van der Waals surface area contributed by atoms with E-state index in [0.717, 1.165) is 4.47 Å². The van der Waals surface area contributed by atoms with E-state index in [-0.39, 0.29) is 18.6 Å². The Balaban J connectivity index is 2.96. The average molecular weight is 307 g/mol. The van der Waals surface area contributed by atoms with Gasteiger partial charge in [-0.05, 0) is 25.1 Å². The summed E-state index contributed by atoms with van der Waals surface area (Å²) in [5.74, 6) is -0.162. The van der Waals surface area contributed by atoms with Crippen molar-refractivity contribution in [3.05, 3.63) is 33.3 Å². The molecule has 0 saturated heterocycles. The molecule has 0 saturated carbocycles. The number of hydrogen-bond acceptors (Lipinski definition) is 2. The van der Waals surface area contributed by atoms with Gasteiger partial charge >= 0.3 is 0 Å². The van der Waals surface area contributed by atoms with Gasteiger partial charge < -0.3 is 10.0 Å². The molecular formula is C11H13BrClNO2. The SMILES string of the molecule is CC(CO)N(C)C(=O)c1cc(Cl)cc(Br)c1. The zero-order valence-corrected chi connectivity index (χ0v) is 11.4. The Morgan fingerprint density at radius 1 is 1.56 bits per heavy atom. The lowest BCUT2D eigenvalue weighted by atomic mass is 10.2. The number of amides is 1. The number of nitrogens with zero attached hydrogens (tertiary/aromatic N) is 1. The minimum Gasteiger partial charge on any atom is -0.394 e. The Kier molecular flexibility index (Phi) is 4.77. The summed E-state index contributed by atoms with van der Waals surface area (Å²) in [6, 6.07) is 4.81. The first-order chi connectivity index (χ1) is 7.45. The lowest BCUT2D eigenvalue weighted by Crippen LogP contribution is -2.37. The molecule has 0 radical (unpaired) electrons. The van der Waals surface area contributed by atoms with E-state index in [1.54, 1.807) is 32.2 Å². The number of halogens is 2. The van der Waals surface area contributed by atoms with Crippen molar-refractivity contribution in [2.24, 2.45) is 0 Å². The third-order valence-electron chi connectivity index (χ3n) is 2.36. The number of likely N-dealkylation sites (N-methyl/N-ethyl adjacent to an activating group) is 1. The van der Waals surface area contributed by atoms with Crippen LogP contribution in [0.3, 0.4) is 0 Å². The van der Waals surface area contributed by atoms with Crippen LogP contribution in [0.4, 0.5) is 0 Å². The summed E-state index contributed by atoms with van der Waals surface area (Å²) in [6.45, 7) is 1.71. The second-order valence-electron chi connectivity index (χ2n) is 3.61. The van der Waals surface area contributed by atoms with E-state index in [9.17, 15) is 4.79 Å². The van der Waals surface area contributed by atoms with Gasteiger partial charge in [-0.25, -0.2) is 0 Å². The smallest absolute Gasteiger partial charge is 0.254 e. The second kappa shape index (κ2) is 5.66. The van der Waals surface area contributed by atoms with Gasteiger partial charge in [-0.15, -0.1) is 0 Å². The molecule has 1 aromatic carbocycles. The molecule has 1 N–H and O–H groups in total. The summed E-state index contributed by atoms with van der Waals surface area (Å²) in [7, 11) is 1.65. The van der Waals surface area contributed by atoms with E-state index >= 15 is 0 Å². The molecule has 0 spiro atoms. The largest absolute Gasteiger partial charge is 0.394 e. The van der Waals surface area contributed by atoms with Crippen LogP contribution in [-0.4, -0.2) is 35.6 Å². The minimum absolute atomic E-state index is 0.0655. The first-order valence-corrected chi connectivity index (χ1v) is 5.97. The molecule has 0 aliphatic rings. The fraction of sp³-hybridized carbons (Fsp3) is 0.364. The Hall–Kier alpha value is -0.580. The lowest BCUT2D eigenvalue weighted by Gasteiger charge is -2.23. The molecule has 0 aromatic heterocycles. The third kappa shape index (κ3) is 3.20. The summed E-state index contributed by atoms with van der Waals surface area (Å²) < 4.78 is 0.758. The van der Waals surface area contributed by atoms with Gasteiger partial charge in [-0.2, -0.15) is 0 Å². The number of rotatable bonds is 3. The Bertz CT molecular complexity index is 377. The molecule has 3 nitrogen and oxygen atoms in total.